The molecule has 0 unspecified atom stereocenters. The highest BCUT2D eigenvalue weighted by atomic mass is 32.2. The molecule has 0 saturated carbocycles. The first kappa shape index (κ1) is 18.6. The predicted molar refractivity (Wildman–Crippen MR) is 105 cm³/mol. The second-order valence-electron chi connectivity index (χ2n) is 7.11. The monoisotopic (exact) mass is 398 g/mol. The normalized spacial score (nSPS) is 14.8. The lowest BCUT2D eigenvalue weighted by Crippen LogP contribution is -2.38. The topological polar surface area (TPSA) is 77.2 Å². The van der Waals surface area contributed by atoms with Gasteiger partial charge < -0.3 is 4.57 Å². The van der Waals surface area contributed by atoms with Crippen molar-refractivity contribution < 1.29 is 8.42 Å². The molecule has 0 N–H and O–H groups in total. The third-order valence-corrected chi connectivity index (χ3v) is 6.94. The number of hydrogen-bond donors (Lipinski definition) is 0. The Hall–Kier alpha value is -2.71. The first-order chi connectivity index (χ1) is 13.3. The van der Waals surface area contributed by atoms with Crippen LogP contribution < -0.4 is 5.56 Å². The minimum atomic E-state index is -3.65. The molecule has 8 heteroatoms. The van der Waals surface area contributed by atoms with E-state index >= 15 is 0 Å². The molecule has 2 aromatic heterocycles. The highest BCUT2D eigenvalue weighted by molar-refractivity contribution is 7.89. The van der Waals surface area contributed by atoms with Crippen molar-refractivity contribution in [2.75, 3.05) is 6.54 Å². The summed E-state index contributed by atoms with van der Waals surface area (Å²) in [7, 11) is -2.02. The number of hydrogen-bond acceptors (Lipinski definition) is 4. The molecule has 1 aromatic carbocycles. The Labute approximate surface area is 163 Å². The van der Waals surface area contributed by atoms with Crippen molar-refractivity contribution in [3.8, 4) is 0 Å². The number of pyridine rings is 1. The van der Waals surface area contributed by atoms with E-state index in [0.29, 0.717) is 25.2 Å². The summed E-state index contributed by atoms with van der Waals surface area (Å²) in [6.45, 7) is 2.83. The largest absolute Gasteiger partial charge is 0.311 e. The van der Waals surface area contributed by atoms with Gasteiger partial charge in [-0.2, -0.15) is 9.40 Å². The van der Waals surface area contributed by atoms with E-state index in [1.54, 1.807) is 36.9 Å². The zero-order valence-electron chi connectivity index (χ0n) is 15.9. The van der Waals surface area contributed by atoms with Gasteiger partial charge in [0.15, 0.2) is 5.03 Å². The van der Waals surface area contributed by atoms with Crippen molar-refractivity contribution in [2.45, 2.75) is 31.5 Å². The molecule has 0 bridgehead atoms. The molecule has 1 aliphatic rings. The Bertz CT molecular complexity index is 1180. The van der Waals surface area contributed by atoms with Gasteiger partial charge in [-0.05, 0) is 36.1 Å². The number of aromatic nitrogens is 3. The molecule has 1 aliphatic heterocycles. The summed E-state index contributed by atoms with van der Waals surface area (Å²) in [5.74, 6) is 0. The molecule has 0 saturated heterocycles. The predicted octanol–water partition coefficient (Wildman–Crippen LogP) is 1.69. The molecule has 3 heterocycles. The Morgan fingerprint density at radius 2 is 1.86 bits per heavy atom. The van der Waals surface area contributed by atoms with Gasteiger partial charge in [0.25, 0.3) is 15.6 Å². The van der Waals surface area contributed by atoms with E-state index < -0.39 is 10.0 Å². The van der Waals surface area contributed by atoms with Gasteiger partial charge in [-0.15, -0.1) is 0 Å². The van der Waals surface area contributed by atoms with E-state index in [9.17, 15) is 13.2 Å². The lowest BCUT2D eigenvalue weighted by Gasteiger charge is -2.28. The van der Waals surface area contributed by atoms with Crippen molar-refractivity contribution >= 4 is 10.0 Å². The molecule has 4 rings (SSSR count). The van der Waals surface area contributed by atoms with Crippen LogP contribution in [-0.4, -0.2) is 33.6 Å². The van der Waals surface area contributed by atoms with Gasteiger partial charge in [-0.3, -0.25) is 9.48 Å². The van der Waals surface area contributed by atoms with E-state index in [1.165, 1.54) is 8.99 Å². The van der Waals surface area contributed by atoms with Crippen LogP contribution in [0.25, 0.3) is 0 Å². The number of fused-ring (bicyclic) bond motifs is 1. The van der Waals surface area contributed by atoms with Crippen molar-refractivity contribution in [1.29, 1.82) is 0 Å². The summed E-state index contributed by atoms with van der Waals surface area (Å²) in [6.07, 6.45) is 2.31. The van der Waals surface area contributed by atoms with E-state index in [2.05, 4.69) is 5.10 Å². The molecular formula is C20H22N4O3S. The molecule has 0 fully saturated rings. The second kappa shape index (κ2) is 7.03. The third kappa shape index (κ3) is 3.41. The van der Waals surface area contributed by atoms with Crippen LogP contribution in [0.15, 0.2) is 58.5 Å². The first-order valence-electron chi connectivity index (χ1n) is 9.11. The minimum absolute atomic E-state index is 0.0684. The van der Waals surface area contributed by atoms with E-state index in [-0.39, 0.29) is 17.1 Å². The summed E-state index contributed by atoms with van der Waals surface area (Å²) >= 11 is 0. The standard InChI is InChI=1S/C20H22N4O3S/c1-15-10-20(22(2)21-15)28(26,27)24-9-8-17-11-19(25)23(13-18(17)14-24)12-16-6-4-3-5-7-16/h3-7,10-11,13H,8-9,12,14H2,1-2H3. The van der Waals surface area contributed by atoms with Gasteiger partial charge >= 0.3 is 0 Å². The summed E-state index contributed by atoms with van der Waals surface area (Å²) < 4.78 is 30.6. The first-order valence-corrected chi connectivity index (χ1v) is 10.6. The fraction of sp³-hybridized carbons (Fsp3) is 0.300. The molecule has 3 aromatic rings. The van der Waals surface area contributed by atoms with Gasteiger partial charge in [-0.25, -0.2) is 8.42 Å². The molecule has 7 nitrogen and oxygen atoms in total. The molecule has 0 aliphatic carbocycles. The van der Waals surface area contributed by atoms with Crippen molar-refractivity contribution in [3.05, 3.63) is 81.4 Å². The second-order valence-corrected chi connectivity index (χ2v) is 9.00. The minimum Gasteiger partial charge on any atom is -0.311 e. The maximum atomic E-state index is 13.1. The smallest absolute Gasteiger partial charge is 0.260 e. The average molecular weight is 398 g/mol. The summed E-state index contributed by atoms with van der Waals surface area (Å²) in [4.78, 5) is 12.5. The number of sulfonamides is 1. The fourth-order valence-corrected chi connectivity index (χ4v) is 5.22. The zero-order valence-corrected chi connectivity index (χ0v) is 16.7. The maximum absolute atomic E-state index is 13.1. The number of benzene rings is 1. The Kier molecular flexibility index (Phi) is 4.68. The summed E-state index contributed by atoms with van der Waals surface area (Å²) in [6, 6.07) is 13.0. The molecule has 0 radical (unpaired) electrons. The number of nitrogens with zero attached hydrogens (tertiary/aromatic N) is 4. The van der Waals surface area contributed by atoms with Gasteiger partial charge in [0.05, 0.1) is 12.2 Å². The van der Waals surface area contributed by atoms with Crippen molar-refractivity contribution in [3.63, 3.8) is 0 Å². The molecule has 0 amide bonds. The quantitative estimate of drug-likeness (QED) is 0.670. The van der Waals surface area contributed by atoms with E-state index in [0.717, 1.165) is 16.7 Å². The Balaban J connectivity index is 1.65. The van der Waals surface area contributed by atoms with Crippen molar-refractivity contribution in [1.82, 2.24) is 18.7 Å². The van der Waals surface area contributed by atoms with Crippen LogP contribution in [0.2, 0.25) is 0 Å². The summed E-state index contributed by atoms with van der Waals surface area (Å²) in [5.41, 5.74) is 3.40. The van der Waals surface area contributed by atoms with E-state index in [4.69, 9.17) is 0 Å². The van der Waals surface area contributed by atoms with Gasteiger partial charge in [-0.1, -0.05) is 30.3 Å². The van der Waals surface area contributed by atoms with Crippen LogP contribution in [-0.2, 0) is 36.6 Å². The summed E-state index contributed by atoms with van der Waals surface area (Å²) in [5, 5.41) is 4.34. The van der Waals surface area contributed by atoms with Crippen LogP contribution in [0, 0.1) is 6.92 Å². The van der Waals surface area contributed by atoms with Gasteiger partial charge in [0.1, 0.15) is 0 Å². The Morgan fingerprint density at radius 1 is 1.11 bits per heavy atom. The molecule has 0 spiro atoms. The molecular weight excluding hydrogens is 376 g/mol. The van der Waals surface area contributed by atoms with Gasteiger partial charge in [0.2, 0.25) is 0 Å². The highest BCUT2D eigenvalue weighted by Gasteiger charge is 2.31. The maximum Gasteiger partial charge on any atom is 0.260 e. The van der Waals surface area contributed by atoms with Crippen molar-refractivity contribution in [2.24, 2.45) is 7.05 Å². The highest BCUT2D eigenvalue weighted by Crippen LogP contribution is 2.24. The SMILES string of the molecule is Cc1cc(S(=O)(=O)N2CCc3cc(=O)n(Cc4ccccc4)cc3C2)n(C)n1. The third-order valence-electron chi connectivity index (χ3n) is 5.04. The van der Waals surface area contributed by atoms with Crippen LogP contribution in [0.3, 0.4) is 0 Å². The molecule has 0 atom stereocenters. The van der Waals surface area contributed by atoms with Gasteiger partial charge in [0, 0.05) is 32.4 Å². The fourth-order valence-electron chi connectivity index (χ4n) is 3.62. The lowest BCUT2D eigenvalue weighted by atomic mass is 10.0. The lowest BCUT2D eigenvalue weighted by molar-refractivity contribution is 0.384. The average Bonchev–Trinajstić information content (AvgIpc) is 3.02. The number of aryl methyl sites for hydroxylation is 2. The molecule has 146 valence electrons. The Morgan fingerprint density at radius 3 is 2.54 bits per heavy atom. The van der Waals surface area contributed by atoms with E-state index in [1.807, 2.05) is 30.3 Å². The van der Waals surface area contributed by atoms with Crippen LogP contribution in [0.5, 0.6) is 0 Å². The van der Waals surface area contributed by atoms with Crippen LogP contribution >= 0.6 is 0 Å². The van der Waals surface area contributed by atoms with Crippen LogP contribution in [0.4, 0.5) is 0 Å². The number of rotatable bonds is 4. The zero-order chi connectivity index (χ0) is 19.9. The molecule has 28 heavy (non-hydrogen) atoms. The van der Waals surface area contributed by atoms with Crippen LogP contribution in [0.1, 0.15) is 22.4 Å².